The zero-order valence-corrected chi connectivity index (χ0v) is 14.9. The van der Waals surface area contributed by atoms with Crippen LogP contribution < -0.4 is 10.6 Å². The van der Waals surface area contributed by atoms with Crippen LogP contribution in [0.3, 0.4) is 0 Å². The molecule has 1 aliphatic rings. The van der Waals surface area contributed by atoms with Crippen molar-refractivity contribution in [3.05, 3.63) is 34.9 Å². The molecule has 1 fully saturated rings. The van der Waals surface area contributed by atoms with Crippen molar-refractivity contribution in [2.45, 2.75) is 46.1 Å². The Hall–Kier alpha value is -1.39. The Morgan fingerprint density at radius 2 is 2.04 bits per heavy atom. The van der Waals surface area contributed by atoms with Crippen LogP contribution in [-0.2, 0) is 16.0 Å². The van der Waals surface area contributed by atoms with Crippen molar-refractivity contribution in [1.82, 2.24) is 10.6 Å². The van der Waals surface area contributed by atoms with Crippen molar-refractivity contribution in [2.24, 2.45) is 5.41 Å². The third-order valence-electron chi connectivity index (χ3n) is 4.86. The van der Waals surface area contributed by atoms with Gasteiger partial charge in [-0.25, -0.2) is 0 Å². The second-order valence-corrected chi connectivity index (χ2v) is 6.97. The topological polar surface area (TPSA) is 50.4 Å². The van der Waals surface area contributed by atoms with Gasteiger partial charge < -0.3 is 15.4 Å². The highest BCUT2D eigenvalue weighted by Crippen LogP contribution is 2.29. The number of aryl methyl sites for hydroxylation is 2. The second-order valence-electron chi connectivity index (χ2n) is 6.97. The van der Waals surface area contributed by atoms with Crippen LogP contribution in [-0.4, -0.2) is 38.8 Å². The molecule has 1 aromatic rings. The number of piperidine rings is 1. The highest BCUT2D eigenvalue weighted by Gasteiger charge is 2.39. The molecule has 2 rings (SSSR count). The second kappa shape index (κ2) is 7.93. The molecule has 4 heteroatoms. The van der Waals surface area contributed by atoms with Crippen molar-refractivity contribution >= 4 is 5.91 Å². The van der Waals surface area contributed by atoms with Gasteiger partial charge in [-0.1, -0.05) is 23.8 Å². The van der Waals surface area contributed by atoms with Crippen LogP contribution in [0.4, 0.5) is 0 Å². The highest BCUT2D eigenvalue weighted by molar-refractivity contribution is 5.83. The molecule has 128 valence electrons. The smallest absolute Gasteiger partial charge is 0.228 e. The molecule has 2 N–H and O–H groups in total. The third-order valence-corrected chi connectivity index (χ3v) is 4.86. The first-order valence-electron chi connectivity index (χ1n) is 8.53. The first-order valence-corrected chi connectivity index (χ1v) is 8.53. The van der Waals surface area contributed by atoms with Gasteiger partial charge >= 0.3 is 0 Å². The number of carbonyl (C=O) groups excluding carboxylic acids is 1. The summed E-state index contributed by atoms with van der Waals surface area (Å²) in [7, 11) is 1.68. The normalized spacial score (nSPS) is 18.4. The Bertz CT molecular complexity index is 531. The molecule has 0 spiro atoms. The van der Waals surface area contributed by atoms with E-state index < -0.39 is 0 Å². The van der Waals surface area contributed by atoms with Crippen molar-refractivity contribution in [2.75, 3.05) is 26.8 Å². The lowest BCUT2D eigenvalue weighted by Gasteiger charge is -2.36. The summed E-state index contributed by atoms with van der Waals surface area (Å²) in [6.45, 7) is 8.57. The zero-order valence-electron chi connectivity index (χ0n) is 14.9. The third kappa shape index (κ3) is 4.55. The number of carbonyl (C=O) groups is 1. The first-order chi connectivity index (χ1) is 11.0. The maximum atomic E-state index is 12.8. The number of rotatable bonds is 6. The number of benzene rings is 1. The van der Waals surface area contributed by atoms with Gasteiger partial charge in [0, 0.05) is 13.2 Å². The Morgan fingerprint density at radius 1 is 1.35 bits per heavy atom. The molecular formula is C19H30N2O2. The largest absolute Gasteiger partial charge is 0.384 e. The van der Waals surface area contributed by atoms with Crippen LogP contribution in [0.15, 0.2) is 18.2 Å². The standard InChI is InChI=1S/C19H30N2O2/c1-14-5-6-17(15(2)11-14)12-16(3)21-18(22)19(13-23-4)7-9-20-10-8-19/h5-6,11,16,20H,7-10,12-13H2,1-4H3,(H,21,22). The summed E-state index contributed by atoms with van der Waals surface area (Å²) >= 11 is 0. The molecule has 0 radical (unpaired) electrons. The molecule has 1 unspecified atom stereocenters. The van der Waals surface area contributed by atoms with Gasteiger partial charge in [0.15, 0.2) is 0 Å². The van der Waals surface area contributed by atoms with E-state index in [1.807, 2.05) is 0 Å². The average molecular weight is 318 g/mol. The van der Waals surface area contributed by atoms with Gasteiger partial charge in [0.1, 0.15) is 0 Å². The van der Waals surface area contributed by atoms with Crippen LogP contribution in [0.2, 0.25) is 0 Å². The van der Waals surface area contributed by atoms with Gasteiger partial charge in [-0.15, -0.1) is 0 Å². The van der Waals surface area contributed by atoms with Gasteiger partial charge in [0.25, 0.3) is 0 Å². The minimum Gasteiger partial charge on any atom is -0.384 e. The molecule has 1 aromatic carbocycles. The lowest BCUT2D eigenvalue weighted by molar-refractivity contribution is -0.136. The Kier molecular flexibility index (Phi) is 6.19. The van der Waals surface area contributed by atoms with E-state index in [9.17, 15) is 4.79 Å². The van der Waals surface area contributed by atoms with Crippen molar-refractivity contribution in [3.63, 3.8) is 0 Å². The SMILES string of the molecule is COCC1(C(=O)NC(C)Cc2ccc(C)cc2C)CCNCC1. The van der Waals surface area contributed by atoms with Crippen LogP contribution in [0.1, 0.15) is 36.5 Å². The van der Waals surface area contributed by atoms with E-state index in [1.54, 1.807) is 7.11 Å². The summed E-state index contributed by atoms with van der Waals surface area (Å²) < 4.78 is 5.35. The predicted molar refractivity (Wildman–Crippen MR) is 93.6 cm³/mol. The number of nitrogens with one attached hydrogen (secondary N) is 2. The summed E-state index contributed by atoms with van der Waals surface area (Å²) in [6.07, 6.45) is 2.53. The van der Waals surface area contributed by atoms with Crippen molar-refractivity contribution < 1.29 is 9.53 Å². The minimum absolute atomic E-state index is 0.118. The van der Waals surface area contributed by atoms with Gasteiger partial charge in [-0.3, -0.25) is 4.79 Å². The Labute approximate surface area is 140 Å². The number of hydrogen-bond donors (Lipinski definition) is 2. The molecule has 1 saturated heterocycles. The molecule has 1 amide bonds. The van der Waals surface area contributed by atoms with E-state index in [2.05, 4.69) is 49.6 Å². The number of amides is 1. The van der Waals surface area contributed by atoms with Crippen molar-refractivity contribution in [1.29, 1.82) is 0 Å². The summed E-state index contributed by atoms with van der Waals surface area (Å²) in [5, 5.41) is 6.54. The summed E-state index contributed by atoms with van der Waals surface area (Å²) in [4.78, 5) is 12.8. The minimum atomic E-state index is -0.378. The summed E-state index contributed by atoms with van der Waals surface area (Å²) in [5.74, 6) is 0.137. The molecule has 4 nitrogen and oxygen atoms in total. The summed E-state index contributed by atoms with van der Waals surface area (Å²) in [5.41, 5.74) is 3.49. The predicted octanol–water partition coefficient (Wildman–Crippen LogP) is 2.37. The Balaban J connectivity index is 2.00. The molecule has 1 aliphatic heterocycles. The number of methoxy groups -OCH3 is 1. The molecule has 0 bridgehead atoms. The molecule has 0 aromatic heterocycles. The maximum absolute atomic E-state index is 12.8. The first kappa shape index (κ1) is 18.0. The fraction of sp³-hybridized carbons (Fsp3) is 0.632. The molecular weight excluding hydrogens is 288 g/mol. The number of hydrogen-bond acceptors (Lipinski definition) is 3. The molecule has 1 atom stereocenters. The molecule has 1 heterocycles. The van der Waals surface area contributed by atoms with E-state index in [-0.39, 0.29) is 17.4 Å². The Morgan fingerprint density at radius 3 is 2.65 bits per heavy atom. The van der Waals surface area contributed by atoms with Crippen LogP contribution in [0.25, 0.3) is 0 Å². The van der Waals surface area contributed by atoms with Gasteiger partial charge in [0.05, 0.1) is 12.0 Å². The molecule has 0 aliphatic carbocycles. The zero-order chi connectivity index (χ0) is 16.9. The fourth-order valence-electron chi connectivity index (χ4n) is 3.45. The lowest BCUT2D eigenvalue weighted by Crippen LogP contribution is -2.52. The fourth-order valence-corrected chi connectivity index (χ4v) is 3.45. The highest BCUT2D eigenvalue weighted by atomic mass is 16.5. The van der Waals surface area contributed by atoms with Crippen molar-refractivity contribution in [3.8, 4) is 0 Å². The van der Waals surface area contributed by atoms with E-state index >= 15 is 0 Å². The van der Waals surface area contributed by atoms with Crippen LogP contribution in [0, 0.1) is 19.3 Å². The van der Waals surface area contributed by atoms with Crippen LogP contribution in [0.5, 0.6) is 0 Å². The quantitative estimate of drug-likeness (QED) is 0.846. The van der Waals surface area contributed by atoms with E-state index in [4.69, 9.17) is 4.74 Å². The average Bonchev–Trinajstić information content (AvgIpc) is 2.51. The van der Waals surface area contributed by atoms with E-state index in [0.29, 0.717) is 6.61 Å². The van der Waals surface area contributed by atoms with Gasteiger partial charge in [-0.2, -0.15) is 0 Å². The monoisotopic (exact) mass is 318 g/mol. The maximum Gasteiger partial charge on any atom is 0.228 e. The summed E-state index contributed by atoms with van der Waals surface area (Å²) in [6, 6.07) is 6.62. The molecule has 0 saturated carbocycles. The van der Waals surface area contributed by atoms with Gasteiger partial charge in [0.2, 0.25) is 5.91 Å². The van der Waals surface area contributed by atoms with Crippen LogP contribution >= 0.6 is 0 Å². The van der Waals surface area contributed by atoms with Gasteiger partial charge in [-0.05, 0) is 64.3 Å². The lowest BCUT2D eigenvalue weighted by atomic mass is 9.78. The van der Waals surface area contributed by atoms with E-state index in [1.165, 1.54) is 16.7 Å². The molecule has 23 heavy (non-hydrogen) atoms. The number of ether oxygens (including phenoxy) is 1. The van der Waals surface area contributed by atoms with E-state index in [0.717, 1.165) is 32.4 Å².